The van der Waals surface area contributed by atoms with Crippen molar-refractivity contribution < 1.29 is 5.11 Å². The van der Waals surface area contributed by atoms with Gasteiger partial charge < -0.3 is 5.11 Å². The fourth-order valence-corrected chi connectivity index (χ4v) is 2.45. The van der Waals surface area contributed by atoms with Gasteiger partial charge in [0.25, 0.3) is 0 Å². The van der Waals surface area contributed by atoms with Gasteiger partial charge in [-0.05, 0) is 19.4 Å². The van der Waals surface area contributed by atoms with Crippen molar-refractivity contribution in [3.05, 3.63) is 16.6 Å². The number of hydrogen-bond acceptors (Lipinski definition) is 4. The van der Waals surface area contributed by atoms with Crippen molar-refractivity contribution in [1.29, 1.82) is 0 Å². The van der Waals surface area contributed by atoms with Gasteiger partial charge in [-0.1, -0.05) is 0 Å². The number of aliphatic hydroxyl groups is 1. The zero-order valence-electron chi connectivity index (χ0n) is 7.52. The van der Waals surface area contributed by atoms with Crippen LogP contribution in [-0.4, -0.2) is 34.2 Å². The maximum Gasteiger partial charge on any atom is 0.0794 e. The quantitative estimate of drug-likeness (QED) is 0.790. The first-order chi connectivity index (χ1) is 6.40. The molecule has 72 valence electrons. The molecule has 0 aliphatic carbocycles. The molecule has 1 aromatic heterocycles. The SMILES string of the molecule is OCC1CCCN1Cc1cncs1. The van der Waals surface area contributed by atoms with E-state index in [-0.39, 0.29) is 0 Å². The third-order valence-corrected chi connectivity index (χ3v) is 3.32. The summed E-state index contributed by atoms with van der Waals surface area (Å²) in [5.41, 5.74) is 1.86. The lowest BCUT2D eigenvalue weighted by Gasteiger charge is -2.21. The van der Waals surface area contributed by atoms with E-state index in [9.17, 15) is 0 Å². The molecule has 1 saturated heterocycles. The first kappa shape index (κ1) is 9.12. The van der Waals surface area contributed by atoms with Crippen LogP contribution in [0.15, 0.2) is 11.7 Å². The third-order valence-electron chi connectivity index (χ3n) is 2.55. The van der Waals surface area contributed by atoms with Crippen LogP contribution in [-0.2, 0) is 6.54 Å². The predicted octanol–water partition coefficient (Wildman–Crippen LogP) is 1.10. The first-order valence-corrected chi connectivity index (χ1v) is 5.50. The van der Waals surface area contributed by atoms with E-state index in [1.165, 1.54) is 11.3 Å². The zero-order chi connectivity index (χ0) is 9.10. The summed E-state index contributed by atoms with van der Waals surface area (Å²) in [6, 6.07) is 0.377. The molecule has 0 aromatic carbocycles. The molecule has 1 N–H and O–H groups in total. The Hall–Kier alpha value is -0.450. The van der Waals surface area contributed by atoms with Crippen molar-refractivity contribution in [3.8, 4) is 0 Å². The van der Waals surface area contributed by atoms with Crippen LogP contribution in [0.2, 0.25) is 0 Å². The van der Waals surface area contributed by atoms with Crippen LogP contribution in [0.4, 0.5) is 0 Å². The molecule has 2 rings (SSSR count). The minimum Gasteiger partial charge on any atom is -0.395 e. The standard InChI is InChI=1S/C9H14N2OS/c12-6-8-2-1-3-11(8)5-9-4-10-7-13-9/h4,7-8,12H,1-3,5-6H2. The van der Waals surface area contributed by atoms with Crippen LogP contribution in [0.25, 0.3) is 0 Å². The number of thiazole rings is 1. The van der Waals surface area contributed by atoms with E-state index in [0.29, 0.717) is 12.6 Å². The summed E-state index contributed by atoms with van der Waals surface area (Å²) in [5, 5.41) is 9.11. The molecular weight excluding hydrogens is 184 g/mol. The van der Waals surface area contributed by atoms with Gasteiger partial charge in [-0.15, -0.1) is 11.3 Å². The minimum absolute atomic E-state index is 0.290. The number of likely N-dealkylation sites (tertiary alicyclic amines) is 1. The van der Waals surface area contributed by atoms with Crippen molar-refractivity contribution in [2.24, 2.45) is 0 Å². The molecule has 1 aliphatic heterocycles. The molecule has 2 heterocycles. The van der Waals surface area contributed by atoms with Crippen molar-refractivity contribution in [2.45, 2.75) is 25.4 Å². The number of hydrogen-bond donors (Lipinski definition) is 1. The Kier molecular flexibility index (Phi) is 2.93. The second-order valence-corrected chi connectivity index (χ2v) is 4.39. The lowest BCUT2D eigenvalue weighted by molar-refractivity contribution is 0.154. The normalized spacial score (nSPS) is 23.9. The molecule has 1 atom stereocenters. The highest BCUT2D eigenvalue weighted by Gasteiger charge is 2.23. The minimum atomic E-state index is 0.290. The number of aliphatic hydroxyl groups excluding tert-OH is 1. The molecule has 0 radical (unpaired) electrons. The van der Waals surface area contributed by atoms with E-state index in [1.54, 1.807) is 11.3 Å². The second-order valence-electron chi connectivity index (χ2n) is 3.42. The molecule has 1 fully saturated rings. The lowest BCUT2D eigenvalue weighted by Crippen LogP contribution is -2.31. The van der Waals surface area contributed by atoms with E-state index in [1.807, 2.05) is 11.7 Å². The van der Waals surface area contributed by atoms with E-state index < -0.39 is 0 Å². The van der Waals surface area contributed by atoms with Crippen LogP contribution in [0.3, 0.4) is 0 Å². The molecule has 1 aliphatic rings. The first-order valence-electron chi connectivity index (χ1n) is 4.62. The van der Waals surface area contributed by atoms with Gasteiger partial charge in [-0.3, -0.25) is 9.88 Å². The largest absolute Gasteiger partial charge is 0.395 e. The van der Waals surface area contributed by atoms with Gasteiger partial charge in [-0.25, -0.2) is 0 Å². The number of aromatic nitrogens is 1. The average molecular weight is 198 g/mol. The second kappa shape index (κ2) is 4.17. The maximum atomic E-state index is 9.11. The van der Waals surface area contributed by atoms with Gasteiger partial charge in [0.1, 0.15) is 0 Å². The molecule has 0 spiro atoms. The summed E-state index contributed by atoms with van der Waals surface area (Å²) >= 11 is 1.69. The molecule has 1 aromatic rings. The van der Waals surface area contributed by atoms with Crippen molar-refractivity contribution in [2.75, 3.05) is 13.2 Å². The highest BCUT2D eigenvalue weighted by Crippen LogP contribution is 2.20. The van der Waals surface area contributed by atoms with E-state index >= 15 is 0 Å². The maximum absolute atomic E-state index is 9.11. The molecule has 3 nitrogen and oxygen atoms in total. The Morgan fingerprint density at radius 1 is 1.69 bits per heavy atom. The molecule has 1 unspecified atom stereocenters. The fraction of sp³-hybridized carbons (Fsp3) is 0.667. The van der Waals surface area contributed by atoms with Crippen molar-refractivity contribution in [3.63, 3.8) is 0 Å². The molecule has 13 heavy (non-hydrogen) atoms. The summed E-state index contributed by atoms with van der Waals surface area (Å²) < 4.78 is 0. The monoisotopic (exact) mass is 198 g/mol. The Labute approximate surface area is 82.0 Å². The smallest absolute Gasteiger partial charge is 0.0794 e. The highest BCUT2D eigenvalue weighted by atomic mass is 32.1. The third kappa shape index (κ3) is 2.07. The molecule has 4 heteroatoms. The Morgan fingerprint density at radius 2 is 2.62 bits per heavy atom. The average Bonchev–Trinajstić information content (AvgIpc) is 2.76. The van der Waals surface area contributed by atoms with Crippen LogP contribution in [0.1, 0.15) is 17.7 Å². The fourth-order valence-electron chi connectivity index (χ4n) is 1.83. The van der Waals surface area contributed by atoms with Gasteiger partial charge in [-0.2, -0.15) is 0 Å². The lowest BCUT2D eigenvalue weighted by atomic mass is 10.2. The Bertz CT molecular complexity index is 250. The Morgan fingerprint density at radius 3 is 3.31 bits per heavy atom. The topological polar surface area (TPSA) is 36.4 Å². The van der Waals surface area contributed by atoms with Gasteiger partial charge in [0.05, 0.1) is 12.1 Å². The predicted molar refractivity (Wildman–Crippen MR) is 52.6 cm³/mol. The van der Waals surface area contributed by atoms with E-state index in [0.717, 1.165) is 19.5 Å². The summed E-state index contributed by atoms with van der Waals surface area (Å²) in [4.78, 5) is 7.68. The van der Waals surface area contributed by atoms with Crippen molar-refractivity contribution >= 4 is 11.3 Å². The van der Waals surface area contributed by atoms with Crippen LogP contribution in [0, 0.1) is 0 Å². The van der Waals surface area contributed by atoms with Crippen molar-refractivity contribution in [1.82, 2.24) is 9.88 Å². The van der Waals surface area contributed by atoms with E-state index in [2.05, 4.69) is 9.88 Å². The summed E-state index contributed by atoms with van der Waals surface area (Å²) in [5.74, 6) is 0. The summed E-state index contributed by atoms with van der Waals surface area (Å²) in [6.45, 7) is 2.36. The van der Waals surface area contributed by atoms with Gasteiger partial charge >= 0.3 is 0 Å². The molecule has 0 saturated carbocycles. The van der Waals surface area contributed by atoms with Crippen LogP contribution in [0.5, 0.6) is 0 Å². The number of nitrogens with zero attached hydrogens (tertiary/aromatic N) is 2. The molecule has 0 bridgehead atoms. The summed E-state index contributed by atoms with van der Waals surface area (Å²) in [7, 11) is 0. The Balaban J connectivity index is 1.94. The molecular formula is C9H14N2OS. The van der Waals surface area contributed by atoms with Gasteiger partial charge in [0.15, 0.2) is 0 Å². The zero-order valence-corrected chi connectivity index (χ0v) is 8.33. The highest BCUT2D eigenvalue weighted by molar-refractivity contribution is 7.09. The van der Waals surface area contributed by atoms with Gasteiger partial charge in [0, 0.05) is 23.7 Å². The summed E-state index contributed by atoms with van der Waals surface area (Å²) in [6.07, 6.45) is 4.26. The van der Waals surface area contributed by atoms with Crippen LogP contribution >= 0.6 is 11.3 Å². The number of rotatable bonds is 3. The molecule has 0 amide bonds. The van der Waals surface area contributed by atoms with Crippen LogP contribution < -0.4 is 0 Å². The van der Waals surface area contributed by atoms with Gasteiger partial charge in [0.2, 0.25) is 0 Å². The van der Waals surface area contributed by atoms with E-state index in [4.69, 9.17) is 5.11 Å².